The second kappa shape index (κ2) is 7.89. The Balaban J connectivity index is 1.71. The van der Waals surface area contributed by atoms with E-state index in [4.69, 9.17) is 4.74 Å². The molecule has 0 radical (unpaired) electrons. The fraction of sp³-hybridized carbons (Fsp3) is 0.304. The van der Waals surface area contributed by atoms with E-state index in [0.717, 1.165) is 23.1 Å². The van der Waals surface area contributed by atoms with Gasteiger partial charge < -0.3 is 14.7 Å². The lowest BCUT2D eigenvalue weighted by atomic mass is 9.98. The molecule has 3 rings (SSSR count). The van der Waals surface area contributed by atoms with Crippen LogP contribution in [0.25, 0.3) is 5.57 Å². The number of carbonyl (C=O) groups excluding carboxylic acids is 1. The average Bonchev–Trinajstić information content (AvgIpc) is 2.68. The summed E-state index contributed by atoms with van der Waals surface area (Å²) in [5.41, 5.74) is 2.66. The van der Waals surface area contributed by atoms with Gasteiger partial charge in [-0.1, -0.05) is 35.9 Å². The predicted octanol–water partition coefficient (Wildman–Crippen LogP) is 4.17. The second-order valence-electron chi connectivity index (χ2n) is 7.54. The summed E-state index contributed by atoms with van der Waals surface area (Å²) >= 11 is 0. The predicted molar refractivity (Wildman–Crippen MR) is 108 cm³/mol. The lowest BCUT2D eigenvalue weighted by Crippen LogP contribution is -2.37. The van der Waals surface area contributed by atoms with Gasteiger partial charge in [0.1, 0.15) is 5.75 Å². The number of ether oxygens (including phenoxy) is 1. The number of amides is 1. The summed E-state index contributed by atoms with van der Waals surface area (Å²) < 4.78 is 5.63. The standard InChI is InChI=1S/C23H25NO4/c1-16-7-9-18(10-8-16)21(25)24-13-11-17(12-14-24)19-5-4-6-20(15-19)28-23(2,3)22(26)27/h4-11,15H,12-14H2,1-3H3,(H,26,27). The Morgan fingerprint density at radius 3 is 2.43 bits per heavy atom. The Morgan fingerprint density at radius 1 is 1.11 bits per heavy atom. The van der Waals surface area contributed by atoms with Crippen molar-refractivity contribution in [1.82, 2.24) is 4.90 Å². The highest BCUT2D eigenvalue weighted by Gasteiger charge is 2.29. The van der Waals surface area contributed by atoms with Crippen molar-refractivity contribution in [3.63, 3.8) is 0 Å². The van der Waals surface area contributed by atoms with Gasteiger partial charge in [-0.3, -0.25) is 4.79 Å². The molecule has 0 atom stereocenters. The van der Waals surface area contributed by atoms with Crippen molar-refractivity contribution in [3.8, 4) is 5.75 Å². The number of carboxylic acid groups (broad SMARTS) is 1. The third kappa shape index (κ3) is 4.42. The minimum atomic E-state index is -1.29. The Kier molecular flexibility index (Phi) is 5.54. The number of carboxylic acids is 1. The SMILES string of the molecule is Cc1ccc(C(=O)N2CC=C(c3cccc(OC(C)(C)C(=O)O)c3)CC2)cc1. The Hall–Kier alpha value is -3.08. The molecule has 0 aromatic heterocycles. The van der Waals surface area contributed by atoms with E-state index < -0.39 is 11.6 Å². The summed E-state index contributed by atoms with van der Waals surface area (Å²) in [4.78, 5) is 25.8. The quantitative estimate of drug-likeness (QED) is 0.847. The summed E-state index contributed by atoms with van der Waals surface area (Å²) in [5, 5.41) is 9.24. The third-order valence-corrected chi connectivity index (χ3v) is 4.89. The maximum absolute atomic E-state index is 12.6. The first-order valence-electron chi connectivity index (χ1n) is 9.34. The molecule has 1 aliphatic rings. The first-order chi connectivity index (χ1) is 13.3. The zero-order valence-electron chi connectivity index (χ0n) is 16.4. The van der Waals surface area contributed by atoms with Gasteiger partial charge in [-0.05, 0) is 62.6 Å². The molecule has 0 unspecified atom stereocenters. The van der Waals surface area contributed by atoms with Gasteiger partial charge >= 0.3 is 5.97 Å². The van der Waals surface area contributed by atoms with Crippen molar-refractivity contribution in [1.29, 1.82) is 0 Å². The number of aryl methyl sites for hydroxylation is 1. The van der Waals surface area contributed by atoms with Gasteiger partial charge in [-0.15, -0.1) is 0 Å². The van der Waals surface area contributed by atoms with Crippen molar-refractivity contribution in [2.45, 2.75) is 32.8 Å². The number of nitrogens with zero attached hydrogens (tertiary/aromatic N) is 1. The van der Waals surface area contributed by atoms with E-state index in [1.54, 1.807) is 6.07 Å². The van der Waals surface area contributed by atoms with Gasteiger partial charge in [-0.2, -0.15) is 0 Å². The van der Waals surface area contributed by atoms with E-state index in [1.165, 1.54) is 13.8 Å². The van der Waals surface area contributed by atoms with Gasteiger partial charge in [0, 0.05) is 18.7 Å². The van der Waals surface area contributed by atoms with Crippen LogP contribution in [-0.4, -0.2) is 40.6 Å². The second-order valence-corrected chi connectivity index (χ2v) is 7.54. The van der Waals surface area contributed by atoms with Crippen molar-refractivity contribution in [2.24, 2.45) is 0 Å². The Labute approximate surface area is 165 Å². The molecule has 1 amide bonds. The third-order valence-electron chi connectivity index (χ3n) is 4.89. The topological polar surface area (TPSA) is 66.8 Å². The van der Waals surface area contributed by atoms with E-state index >= 15 is 0 Å². The lowest BCUT2D eigenvalue weighted by molar-refractivity contribution is -0.152. The van der Waals surface area contributed by atoms with Crippen molar-refractivity contribution in [2.75, 3.05) is 13.1 Å². The molecule has 0 spiro atoms. The first-order valence-corrected chi connectivity index (χ1v) is 9.34. The van der Waals surface area contributed by atoms with Crippen molar-refractivity contribution < 1.29 is 19.4 Å². The van der Waals surface area contributed by atoms with Gasteiger partial charge in [-0.25, -0.2) is 4.79 Å². The van der Waals surface area contributed by atoms with Crippen LogP contribution in [0.3, 0.4) is 0 Å². The highest BCUT2D eigenvalue weighted by molar-refractivity contribution is 5.94. The largest absolute Gasteiger partial charge is 0.478 e. The zero-order chi connectivity index (χ0) is 20.3. The maximum Gasteiger partial charge on any atom is 0.347 e. The molecule has 1 aliphatic heterocycles. The monoisotopic (exact) mass is 379 g/mol. The zero-order valence-corrected chi connectivity index (χ0v) is 16.4. The van der Waals surface area contributed by atoms with Crippen molar-refractivity contribution in [3.05, 3.63) is 71.3 Å². The fourth-order valence-electron chi connectivity index (χ4n) is 3.09. The highest BCUT2D eigenvalue weighted by Crippen LogP contribution is 2.28. The van der Waals surface area contributed by atoms with E-state index in [9.17, 15) is 14.7 Å². The van der Waals surface area contributed by atoms with Crippen LogP contribution in [0.4, 0.5) is 0 Å². The van der Waals surface area contributed by atoms with Crippen LogP contribution in [-0.2, 0) is 4.79 Å². The molecule has 0 saturated heterocycles. The number of rotatable bonds is 5. The summed E-state index contributed by atoms with van der Waals surface area (Å²) in [6.45, 7) is 6.24. The fourth-order valence-corrected chi connectivity index (χ4v) is 3.09. The molecule has 0 fully saturated rings. The molecule has 0 aliphatic carbocycles. The molecular weight excluding hydrogens is 354 g/mol. The summed E-state index contributed by atoms with van der Waals surface area (Å²) in [6, 6.07) is 15.1. The van der Waals surface area contributed by atoms with Crippen LogP contribution < -0.4 is 4.74 Å². The van der Waals surface area contributed by atoms with Crippen LogP contribution >= 0.6 is 0 Å². The molecule has 5 heteroatoms. The van der Waals surface area contributed by atoms with E-state index in [-0.39, 0.29) is 5.91 Å². The van der Waals surface area contributed by atoms with Gasteiger partial charge in [0.25, 0.3) is 5.91 Å². The summed E-state index contributed by atoms with van der Waals surface area (Å²) in [5.74, 6) is -0.459. The summed E-state index contributed by atoms with van der Waals surface area (Å²) in [7, 11) is 0. The van der Waals surface area contributed by atoms with Crippen LogP contribution in [0, 0.1) is 6.92 Å². The molecule has 0 saturated carbocycles. The number of benzene rings is 2. The minimum Gasteiger partial charge on any atom is -0.478 e. The van der Waals surface area contributed by atoms with Crippen LogP contribution in [0.2, 0.25) is 0 Å². The lowest BCUT2D eigenvalue weighted by Gasteiger charge is -2.27. The number of carbonyl (C=O) groups is 2. The number of aliphatic carboxylic acids is 1. The van der Waals surface area contributed by atoms with Gasteiger partial charge in [0.15, 0.2) is 5.60 Å². The number of hydrogen-bond acceptors (Lipinski definition) is 3. The molecule has 2 aromatic carbocycles. The summed E-state index contributed by atoms with van der Waals surface area (Å²) in [6.07, 6.45) is 2.79. The van der Waals surface area contributed by atoms with Gasteiger partial charge in [0.2, 0.25) is 0 Å². The maximum atomic E-state index is 12.6. The molecule has 1 heterocycles. The van der Waals surface area contributed by atoms with Crippen LogP contribution in [0.15, 0.2) is 54.6 Å². The van der Waals surface area contributed by atoms with E-state index in [0.29, 0.717) is 24.4 Å². The molecule has 2 aromatic rings. The molecule has 5 nitrogen and oxygen atoms in total. The molecule has 0 bridgehead atoms. The smallest absolute Gasteiger partial charge is 0.347 e. The normalized spacial score (nSPS) is 14.4. The van der Waals surface area contributed by atoms with Crippen LogP contribution in [0.5, 0.6) is 5.75 Å². The van der Waals surface area contributed by atoms with Crippen LogP contribution in [0.1, 0.15) is 41.8 Å². The molecular formula is C23H25NO4. The van der Waals surface area contributed by atoms with Crippen molar-refractivity contribution >= 4 is 17.4 Å². The average molecular weight is 379 g/mol. The minimum absolute atomic E-state index is 0.0376. The highest BCUT2D eigenvalue weighted by atomic mass is 16.5. The van der Waals surface area contributed by atoms with Gasteiger partial charge in [0.05, 0.1) is 0 Å². The Morgan fingerprint density at radius 2 is 1.82 bits per heavy atom. The first kappa shape index (κ1) is 19.7. The number of hydrogen-bond donors (Lipinski definition) is 1. The molecule has 28 heavy (non-hydrogen) atoms. The molecule has 146 valence electrons. The molecule has 1 N–H and O–H groups in total. The van der Waals surface area contributed by atoms with E-state index in [1.807, 2.05) is 54.3 Å². The Bertz CT molecular complexity index is 912. The van der Waals surface area contributed by atoms with E-state index in [2.05, 4.69) is 6.08 Å².